The number of sulfonamides is 1. The molecule has 7 nitrogen and oxygen atoms in total. The number of rotatable bonds is 13. The Morgan fingerprint density at radius 2 is 1.50 bits per heavy atom. The van der Waals surface area contributed by atoms with Gasteiger partial charge in [-0.2, -0.15) is 13.2 Å². The van der Waals surface area contributed by atoms with E-state index in [-0.39, 0.29) is 29.3 Å². The van der Waals surface area contributed by atoms with Crippen LogP contribution in [0.4, 0.5) is 23.2 Å². The average molecular weight is 684 g/mol. The van der Waals surface area contributed by atoms with E-state index in [4.69, 9.17) is 0 Å². The first kappa shape index (κ1) is 36.1. The Morgan fingerprint density at radius 1 is 0.854 bits per heavy atom. The Hall–Kier alpha value is -4.71. The van der Waals surface area contributed by atoms with Crippen LogP contribution in [0.15, 0.2) is 108 Å². The van der Waals surface area contributed by atoms with Gasteiger partial charge < -0.3 is 10.2 Å². The summed E-state index contributed by atoms with van der Waals surface area (Å²) in [4.78, 5) is 29.0. The summed E-state index contributed by atoms with van der Waals surface area (Å²) in [5.41, 5.74) is -0.0470. The van der Waals surface area contributed by atoms with E-state index < -0.39 is 64.2 Å². The molecule has 0 fully saturated rings. The van der Waals surface area contributed by atoms with E-state index in [1.54, 1.807) is 43.3 Å². The summed E-state index contributed by atoms with van der Waals surface area (Å²) in [5, 5.41) is 2.83. The maximum absolute atomic E-state index is 15.0. The fourth-order valence-corrected chi connectivity index (χ4v) is 6.40. The van der Waals surface area contributed by atoms with Gasteiger partial charge in [-0.3, -0.25) is 13.9 Å². The van der Waals surface area contributed by atoms with Crippen LogP contribution in [0.5, 0.6) is 0 Å². The van der Waals surface area contributed by atoms with Crippen LogP contribution in [0, 0.1) is 18.7 Å². The minimum Gasteiger partial charge on any atom is -0.354 e. The molecule has 0 saturated carbocycles. The molecule has 0 saturated heterocycles. The number of anilines is 1. The van der Waals surface area contributed by atoms with Gasteiger partial charge in [0.1, 0.15) is 18.4 Å². The SMILES string of the molecule is Cc1ccc(S(=O)(=O)N(CC(=O)N(Cc2ccccc2F)C(Cc2ccccc2)C(=O)NCC(C)C)c2cccc(C(F)(F)F)c2)cc1. The first-order valence-corrected chi connectivity index (χ1v) is 16.7. The summed E-state index contributed by atoms with van der Waals surface area (Å²) in [6.07, 6.45) is -4.80. The van der Waals surface area contributed by atoms with Crippen molar-refractivity contribution in [1.29, 1.82) is 0 Å². The molecule has 4 aromatic rings. The molecule has 254 valence electrons. The minimum atomic E-state index is -4.80. The van der Waals surface area contributed by atoms with Crippen molar-refractivity contribution in [3.05, 3.63) is 131 Å². The lowest BCUT2D eigenvalue weighted by molar-refractivity contribution is -0.140. The smallest absolute Gasteiger partial charge is 0.354 e. The largest absolute Gasteiger partial charge is 0.416 e. The summed E-state index contributed by atoms with van der Waals surface area (Å²) in [6.45, 7) is 4.38. The molecule has 1 unspecified atom stereocenters. The van der Waals surface area contributed by atoms with Gasteiger partial charge in [0.25, 0.3) is 10.0 Å². The van der Waals surface area contributed by atoms with Crippen molar-refractivity contribution in [2.24, 2.45) is 5.92 Å². The fourth-order valence-electron chi connectivity index (χ4n) is 4.99. The van der Waals surface area contributed by atoms with Gasteiger partial charge in [0.2, 0.25) is 11.8 Å². The molecule has 0 aromatic heterocycles. The van der Waals surface area contributed by atoms with Gasteiger partial charge in [0.15, 0.2) is 0 Å². The van der Waals surface area contributed by atoms with E-state index in [0.717, 1.165) is 28.7 Å². The average Bonchev–Trinajstić information content (AvgIpc) is 3.05. The summed E-state index contributed by atoms with van der Waals surface area (Å²) >= 11 is 0. The molecule has 0 bridgehead atoms. The molecule has 1 N–H and O–H groups in total. The van der Waals surface area contributed by atoms with Crippen molar-refractivity contribution >= 4 is 27.5 Å². The van der Waals surface area contributed by atoms with Crippen LogP contribution in [0.2, 0.25) is 0 Å². The normalized spacial score (nSPS) is 12.4. The molecule has 0 aliphatic heterocycles. The van der Waals surface area contributed by atoms with Gasteiger partial charge in [-0.25, -0.2) is 12.8 Å². The Morgan fingerprint density at radius 3 is 2.12 bits per heavy atom. The zero-order chi connectivity index (χ0) is 35.1. The molecule has 1 atom stereocenters. The van der Waals surface area contributed by atoms with E-state index in [9.17, 15) is 31.2 Å². The van der Waals surface area contributed by atoms with Crippen molar-refractivity contribution in [2.45, 2.75) is 50.9 Å². The van der Waals surface area contributed by atoms with Crippen LogP contribution in [0.1, 0.15) is 36.1 Å². The third-order valence-electron chi connectivity index (χ3n) is 7.60. The van der Waals surface area contributed by atoms with E-state index in [2.05, 4.69) is 5.32 Å². The van der Waals surface area contributed by atoms with Crippen LogP contribution < -0.4 is 9.62 Å². The Kier molecular flexibility index (Phi) is 11.6. The number of nitrogens with zero attached hydrogens (tertiary/aromatic N) is 2. The number of carbonyl (C=O) groups excluding carboxylic acids is 2. The molecule has 2 amide bonds. The number of aryl methyl sites for hydroxylation is 1. The number of hydrogen-bond acceptors (Lipinski definition) is 4. The maximum Gasteiger partial charge on any atom is 0.416 e. The molecule has 0 spiro atoms. The van der Waals surface area contributed by atoms with E-state index in [1.165, 1.54) is 42.5 Å². The molecule has 12 heteroatoms. The third kappa shape index (κ3) is 9.21. The van der Waals surface area contributed by atoms with Crippen molar-refractivity contribution in [3.63, 3.8) is 0 Å². The highest BCUT2D eigenvalue weighted by atomic mass is 32.2. The second kappa shape index (κ2) is 15.5. The van der Waals surface area contributed by atoms with Gasteiger partial charge in [0.05, 0.1) is 16.1 Å². The van der Waals surface area contributed by atoms with Gasteiger partial charge in [-0.1, -0.05) is 86.1 Å². The molecule has 0 heterocycles. The second-order valence-corrected chi connectivity index (χ2v) is 13.7. The number of hydrogen-bond donors (Lipinski definition) is 1. The van der Waals surface area contributed by atoms with Gasteiger partial charge >= 0.3 is 6.18 Å². The molecule has 4 rings (SSSR count). The first-order chi connectivity index (χ1) is 22.7. The molecule has 0 aliphatic rings. The van der Waals surface area contributed by atoms with Crippen LogP contribution in [0.3, 0.4) is 0 Å². The monoisotopic (exact) mass is 683 g/mol. The van der Waals surface area contributed by atoms with Crippen molar-refractivity contribution in [1.82, 2.24) is 10.2 Å². The van der Waals surface area contributed by atoms with Crippen molar-refractivity contribution in [2.75, 3.05) is 17.4 Å². The number of halogens is 4. The zero-order valence-electron chi connectivity index (χ0n) is 26.7. The van der Waals surface area contributed by atoms with E-state index >= 15 is 4.39 Å². The number of carbonyl (C=O) groups is 2. The Bertz CT molecular complexity index is 1820. The highest BCUT2D eigenvalue weighted by Crippen LogP contribution is 2.33. The molecule has 4 aromatic carbocycles. The highest BCUT2D eigenvalue weighted by Gasteiger charge is 2.36. The Labute approximate surface area is 278 Å². The first-order valence-electron chi connectivity index (χ1n) is 15.3. The molecular formula is C36H37F4N3O4S. The van der Waals surface area contributed by atoms with Gasteiger partial charge in [0, 0.05) is 25.1 Å². The Balaban J connectivity index is 1.85. The van der Waals surface area contributed by atoms with Crippen LogP contribution in [-0.2, 0) is 38.8 Å². The summed E-state index contributed by atoms with van der Waals surface area (Å²) in [6, 6.07) is 22.5. The molecule has 48 heavy (non-hydrogen) atoms. The predicted octanol–water partition coefficient (Wildman–Crippen LogP) is 6.76. The maximum atomic E-state index is 15.0. The second-order valence-electron chi connectivity index (χ2n) is 11.8. The molecule has 0 aliphatic carbocycles. The standard InChI is InChI=1S/C36H37F4N3O4S/c1-25(2)22-41-35(45)33(20-27-10-5-4-6-11-27)42(23-28-12-7-8-15-32(28)37)34(44)24-43(30-14-9-13-29(21-30)36(38,39)40)48(46,47)31-18-16-26(3)17-19-31/h4-19,21,25,33H,20,22-24H2,1-3H3,(H,41,45). The lowest BCUT2D eigenvalue weighted by Gasteiger charge is -2.34. The van der Waals surface area contributed by atoms with Gasteiger partial charge in [-0.15, -0.1) is 0 Å². The summed E-state index contributed by atoms with van der Waals surface area (Å²) < 4.78 is 85.1. The summed E-state index contributed by atoms with van der Waals surface area (Å²) in [7, 11) is -4.63. The van der Waals surface area contributed by atoms with E-state index in [0.29, 0.717) is 15.9 Å². The predicted molar refractivity (Wildman–Crippen MR) is 176 cm³/mol. The van der Waals surface area contributed by atoms with Gasteiger partial charge in [-0.05, 0) is 54.8 Å². The molecular weight excluding hydrogens is 646 g/mol. The fraction of sp³-hybridized carbons (Fsp3) is 0.278. The van der Waals surface area contributed by atoms with Crippen LogP contribution >= 0.6 is 0 Å². The van der Waals surface area contributed by atoms with Crippen molar-refractivity contribution < 1.29 is 35.6 Å². The minimum absolute atomic E-state index is 0.000762. The quantitative estimate of drug-likeness (QED) is 0.158. The lowest BCUT2D eigenvalue weighted by atomic mass is 10.0. The van der Waals surface area contributed by atoms with E-state index in [1.807, 2.05) is 13.8 Å². The topological polar surface area (TPSA) is 86.8 Å². The van der Waals surface area contributed by atoms with Crippen molar-refractivity contribution in [3.8, 4) is 0 Å². The van der Waals surface area contributed by atoms with Crippen LogP contribution in [0.25, 0.3) is 0 Å². The number of alkyl halides is 3. The number of benzene rings is 4. The summed E-state index contributed by atoms with van der Waals surface area (Å²) in [5.74, 6) is -2.08. The third-order valence-corrected chi connectivity index (χ3v) is 9.39. The van der Waals surface area contributed by atoms with Crippen LogP contribution in [-0.4, -0.2) is 44.3 Å². The number of amides is 2. The molecule has 0 radical (unpaired) electrons. The lowest BCUT2D eigenvalue weighted by Crippen LogP contribution is -2.53. The zero-order valence-corrected chi connectivity index (χ0v) is 27.6. The number of nitrogens with one attached hydrogen (secondary N) is 1. The highest BCUT2D eigenvalue weighted by molar-refractivity contribution is 7.92.